The van der Waals surface area contributed by atoms with E-state index in [0.29, 0.717) is 23.1 Å². The summed E-state index contributed by atoms with van der Waals surface area (Å²) in [6.45, 7) is 5.55. The predicted octanol–water partition coefficient (Wildman–Crippen LogP) is 4.85. The van der Waals surface area contributed by atoms with E-state index in [4.69, 9.17) is 22.2 Å². The van der Waals surface area contributed by atoms with Gasteiger partial charge in [-0.1, -0.05) is 32.1 Å². The molecule has 3 heterocycles. The van der Waals surface area contributed by atoms with Crippen LogP contribution in [0, 0.1) is 0 Å². The summed E-state index contributed by atoms with van der Waals surface area (Å²) in [7, 11) is 0. The van der Waals surface area contributed by atoms with Crippen LogP contribution in [0.1, 0.15) is 84.0 Å². The topological polar surface area (TPSA) is 56.3 Å². The van der Waals surface area contributed by atoms with Crippen molar-refractivity contribution in [3.63, 3.8) is 0 Å². The van der Waals surface area contributed by atoms with Crippen molar-refractivity contribution in [1.29, 1.82) is 0 Å². The third-order valence-corrected chi connectivity index (χ3v) is 7.11. The van der Waals surface area contributed by atoms with Crippen LogP contribution >= 0.6 is 12.2 Å². The van der Waals surface area contributed by atoms with Crippen molar-refractivity contribution in [3.8, 4) is 0 Å². The minimum Gasteiger partial charge on any atom is -0.360 e. The van der Waals surface area contributed by atoms with Crippen LogP contribution in [0.2, 0.25) is 0 Å². The second-order valence-electron chi connectivity index (χ2n) is 9.28. The Bertz CT molecular complexity index is 697. The molecular formula is C23H38N6S. The molecule has 2 aliphatic heterocycles. The SMILES string of the molecule is CC1CCCCN1c1cc(N2CCCCCC2)nc(NC(=S)NC2CCCCC2)n1. The van der Waals surface area contributed by atoms with Gasteiger partial charge in [0.05, 0.1) is 0 Å². The van der Waals surface area contributed by atoms with Gasteiger partial charge in [-0.15, -0.1) is 0 Å². The molecule has 1 saturated carbocycles. The zero-order valence-electron chi connectivity index (χ0n) is 18.5. The molecule has 1 aliphatic carbocycles. The zero-order chi connectivity index (χ0) is 20.8. The number of aromatic nitrogens is 2. The molecule has 0 radical (unpaired) electrons. The molecule has 1 aromatic heterocycles. The predicted molar refractivity (Wildman–Crippen MR) is 130 cm³/mol. The van der Waals surface area contributed by atoms with E-state index in [1.165, 1.54) is 77.0 Å². The second kappa shape index (κ2) is 10.6. The van der Waals surface area contributed by atoms with Crippen LogP contribution in [0.5, 0.6) is 0 Å². The first kappa shape index (κ1) is 21.6. The van der Waals surface area contributed by atoms with E-state index >= 15 is 0 Å². The van der Waals surface area contributed by atoms with Gasteiger partial charge < -0.3 is 20.4 Å². The summed E-state index contributed by atoms with van der Waals surface area (Å²) in [5.74, 6) is 2.72. The van der Waals surface area contributed by atoms with Gasteiger partial charge in [0.15, 0.2) is 5.11 Å². The van der Waals surface area contributed by atoms with Crippen molar-refractivity contribution >= 4 is 34.9 Å². The highest BCUT2D eigenvalue weighted by atomic mass is 32.1. The van der Waals surface area contributed by atoms with Gasteiger partial charge in [-0.05, 0) is 64.1 Å². The fourth-order valence-electron chi connectivity index (χ4n) is 5.10. The number of hydrogen-bond acceptors (Lipinski definition) is 5. The maximum absolute atomic E-state index is 5.63. The molecule has 6 nitrogen and oxygen atoms in total. The van der Waals surface area contributed by atoms with Gasteiger partial charge in [0.2, 0.25) is 5.95 Å². The molecule has 0 amide bonds. The van der Waals surface area contributed by atoms with Gasteiger partial charge in [0.1, 0.15) is 11.6 Å². The maximum atomic E-state index is 5.63. The van der Waals surface area contributed by atoms with Crippen LogP contribution in [0.3, 0.4) is 0 Å². The first-order valence-electron chi connectivity index (χ1n) is 12.2. The fraction of sp³-hybridized carbons (Fsp3) is 0.783. The van der Waals surface area contributed by atoms with Crippen LogP contribution in [0.15, 0.2) is 6.07 Å². The van der Waals surface area contributed by atoms with Crippen molar-refractivity contribution in [2.24, 2.45) is 0 Å². The Kier molecular flexibility index (Phi) is 7.63. The number of thiocarbonyl (C=S) groups is 1. The molecule has 3 fully saturated rings. The summed E-state index contributed by atoms with van der Waals surface area (Å²) in [5.41, 5.74) is 0. The normalized spacial score (nSPS) is 23.7. The van der Waals surface area contributed by atoms with E-state index in [0.717, 1.165) is 31.3 Å². The molecule has 166 valence electrons. The van der Waals surface area contributed by atoms with Gasteiger partial charge in [0.25, 0.3) is 0 Å². The van der Waals surface area contributed by atoms with Crippen molar-refractivity contribution < 1.29 is 0 Å². The number of rotatable bonds is 4. The number of nitrogens with zero attached hydrogens (tertiary/aromatic N) is 4. The number of piperidine rings is 1. The molecule has 0 spiro atoms. The van der Waals surface area contributed by atoms with Gasteiger partial charge in [0, 0.05) is 37.8 Å². The molecule has 30 heavy (non-hydrogen) atoms. The van der Waals surface area contributed by atoms with E-state index in [1.54, 1.807) is 0 Å². The highest BCUT2D eigenvalue weighted by molar-refractivity contribution is 7.80. The Morgan fingerprint density at radius 2 is 1.50 bits per heavy atom. The Morgan fingerprint density at radius 3 is 2.23 bits per heavy atom. The van der Waals surface area contributed by atoms with Gasteiger partial charge in [-0.2, -0.15) is 9.97 Å². The summed E-state index contributed by atoms with van der Waals surface area (Å²) in [4.78, 5) is 14.7. The average molecular weight is 431 g/mol. The van der Waals surface area contributed by atoms with E-state index < -0.39 is 0 Å². The van der Waals surface area contributed by atoms with E-state index in [-0.39, 0.29) is 0 Å². The first-order valence-corrected chi connectivity index (χ1v) is 12.6. The number of hydrogen-bond donors (Lipinski definition) is 2. The highest BCUT2D eigenvalue weighted by Gasteiger charge is 2.23. The van der Waals surface area contributed by atoms with Crippen molar-refractivity contribution in [2.45, 2.75) is 96.1 Å². The second-order valence-corrected chi connectivity index (χ2v) is 9.69. The molecule has 1 atom stereocenters. The minimum absolute atomic E-state index is 0.481. The van der Waals surface area contributed by atoms with Crippen LogP contribution in [0.4, 0.5) is 17.6 Å². The van der Waals surface area contributed by atoms with Crippen molar-refractivity contribution in [2.75, 3.05) is 34.8 Å². The summed E-state index contributed by atoms with van der Waals surface area (Å²) in [6, 6.07) is 3.20. The summed E-state index contributed by atoms with van der Waals surface area (Å²) in [5, 5.41) is 7.48. The lowest BCUT2D eigenvalue weighted by molar-refractivity contribution is 0.414. The van der Waals surface area contributed by atoms with Gasteiger partial charge >= 0.3 is 0 Å². The highest BCUT2D eigenvalue weighted by Crippen LogP contribution is 2.28. The van der Waals surface area contributed by atoms with Crippen LogP contribution in [-0.4, -0.2) is 46.8 Å². The zero-order valence-corrected chi connectivity index (χ0v) is 19.4. The molecule has 3 aliphatic rings. The lowest BCUT2D eigenvalue weighted by Crippen LogP contribution is -2.40. The smallest absolute Gasteiger partial charge is 0.232 e. The quantitative estimate of drug-likeness (QED) is 0.662. The molecular weight excluding hydrogens is 392 g/mol. The van der Waals surface area contributed by atoms with Crippen LogP contribution in [-0.2, 0) is 0 Å². The third kappa shape index (κ3) is 5.74. The maximum Gasteiger partial charge on any atom is 0.232 e. The molecule has 4 rings (SSSR count). The van der Waals surface area contributed by atoms with E-state index in [2.05, 4.69) is 33.4 Å². The average Bonchev–Trinajstić information content (AvgIpc) is 3.04. The minimum atomic E-state index is 0.481. The Labute approximate surface area is 187 Å². The van der Waals surface area contributed by atoms with Crippen LogP contribution < -0.4 is 20.4 Å². The monoisotopic (exact) mass is 430 g/mol. The van der Waals surface area contributed by atoms with Crippen molar-refractivity contribution in [3.05, 3.63) is 6.07 Å². The van der Waals surface area contributed by atoms with E-state index in [9.17, 15) is 0 Å². The van der Waals surface area contributed by atoms with Gasteiger partial charge in [-0.25, -0.2) is 0 Å². The molecule has 1 unspecified atom stereocenters. The summed E-state index contributed by atoms with van der Waals surface area (Å²) >= 11 is 5.63. The van der Waals surface area contributed by atoms with Gasteiger partial charge in [-0.3, -0.25) is 0 Å². The number of nitrogens with one attached hydrogen (secondary N) is 2. The first-order chi connectivity index (χ1) is 14.7. The van der Waals surface area contributed by atoms with E-state index in [1.807, 2.05) is 0 Å². The summed E-state index contributed by atoms with van der Waals surface area (Å²) in [6.07, 6.45) is 15.2. The number of anilines is 3. The molecule has 7 heteroatoms. The molecule has 0 bridgehead atoms. The third-order valence-electron chi connectivity index (χ3n) is 6.89. The Morgan fingerprint density at radius 1 is 0.867 bits per heavy atom. The molecule has 2 saturated heterocycles. The molecule has 0 aromatic carbocycles. The lowest BCUT2D eigenvalue weighted by atomic mass is 9.96. The fourth-order valence-corrected chi connectivity index (χ4v) is 5.35. The molecule has 1 aromatic rings. The largest absolute Gasteiger partial charge is 0.360 e. The Hall–Kier alpha value is -1.63. The summed E-state index contributed by atoms with van der Waals surface area (Å²) < 4.78 is 0. The van der Waals surface area contributed by atoms with Crippen molar-refractivity contribution in [1.82, 2.24) is 15.3 Å². The van der Waals surface area contributed by atoms with Crippen LogP contribution in [0.25, 0.3) is 0 Å². The molecule has 2 N–H and O–H groups in total. The Balaban J connectivity index is 1.53. The standard InChI is InChI=1S/C23H38N6S/c1-18-11-7-10-16-29(18)21-17-20(28-14-8-2-3-9-15-28)25-22(26-21)27-23(30)24-19-12-5-4-6-13-19/h17-19H,2-16H2,1H3,(H2,24,25,26,27,30). The lowest BCUT2D eigenvalue weighted by Gasteiger charge is -2.35.